The van der Waals surface area contributed by atoms with Crippen LogP contribution >= 0.6 is 23.4 Å². The number of pyridine rings is 1. The largest absolute Gasteiger partial charge is 0.307 e. The molecule has 3 rings (SSSR count). The molecule has 1 fully saturated rings. The molecule has 1 aliphatic rings. The van der Waals surface area contributed by atoms with Gasteiger partial charge in [0.1, 0.15) is 11.3 Å². The maximum absolute atomic E-state index is 6.42. The van der Waals surface area contributed by atoms with E-state index in [1.807, 2.05) is 19.2 Å². The molecule has 0 amide bonds. The lowest BCUT2D eigenvalue weighted by Gasteiger charge is -2.23. The smallest absolute Gasteiger partial charge is 0.160 e. The lowest BCUT2D eigenvalue weighted by atomic mass is 10.2. The number of thioether (sulfide) groups is 1. The summed E-state index contributed by atoms with van der Waals surface area (Å²) in [6.07, 6.45) is 5.65. The average molecular weight is 324 g/mol. The van der Waals surface area contributed by atoms with E-state index in [0.29, 0.717) is 11.3 Å². The number of aryl methyl sites for hydroxylation is 1. The molecule has 2 heterocycles. The van der Waals surface area contributed by atoms with Crippen LogP contribution in [0.1, 0.15) is 55.9 Å². The highest BCUT2D eigenvalue weighted by Gasteiger charge is 2.33. The number of hydrogen-bond acceptors (Lipinski definition) is 3. The second kappa shape index (κ2) is 6.17. The van der Waals surface area contributed by atoms with Gasteiger partial charge in [0.25, 0.3) is 0 Å². The first kappa shape index (κ1) is 15.2. The zero-order chi connectivity index (χ0) is 15.0. The number of hydrogen-bond donors (Lipinski definition) is 0. The highest BCUT2D eigenvalue weighted by molar-refractivity contribution is 7.99. The first-order valence-electron chi connectivity index (χ1n) is 7.72. The van der Waals surface area contributed by atoms with Gasteiger partial charge in [0.05, 0.1) is 5.38 Å². The van der Waals surface area contributed by atoms with Crippen molar-refractivity contribution in [1.82, 2.24) is 14.5 Å². The van der Waals surface area contributed by atoms with Crippen molar-refractivity contribution in [3.8, 4) is 0 Å². The topological polar surface area (TPSA) is 30.7 Å². The number of nitrogens with zero attached hydrogens (tertiary/aromatic N) is 3. The third-order valence-electron chi connectivity index (χ3n) is 4.29. The number of halogens is 1. The second-order valence-corrected chi connectivity index (χ2v) is 7.92. The number of alkyl halides is 1. The molecule has 5 heteroatoms. The van der Waals surface area contributed by atoms with Crippen LogP contribution in [-0.2, 0) is 0 Å². The monoisotopic (exact) mass is 323 g/mol. The maximum atomic E-state index is 6.42. The first-order valence-corrected chi connectivity index (χ1v) is 9.21. The molecule has 2 aromatic heterocycles. The Morgan fingerprint density at radius 1 is 1.48 bits per heavy atom. The lowest BCUT2D eigenvalue weighted by Crippen LogP contribution is -2.19. The summed E-state index contributed by atoms with van der Waals surface area (Å²) < 4.78 is 2.33. The van der Waals surface area contributed by atoms with Crippen molar-refractivity contribution in [3.05, 3.63) is 23.7 Å². The van der Waals surface area contributed by atoms with E-state index >= 15 is 0 Å². The van der Waals surface area contributed by atoms with Crippen molar-refractivity contribution in [1.29, 1.82) is 0 Å². The number of aromatic nitrogens is 3. The van der Waals surface area contributed by atoms with Crippen LogP contribution in [0.5, 0.6) is 0 Å². The fraction of sp³-hybridized carbons (Fsp3) is 0.625. The van der Waals surface area contributed by atoms with Gasteiger partial charge in [-0.05, 0) is 44.1 Å². The van der Waals surface area contributed by atoms with Gasteiger partial charge in [-0.15, -0.1) is 11.6 Å². The van der Waals surface area contributed by atoms with Crippen molar-refractivity contribution >= 4 is 34.5 Å². The van der Waals surface area contributed by atoms with E-state index in [0.717, 1.165) is 22.7 Å². The maximum Gasteiger partial charge on any atom is 0.160 e. The normalized spacial score (nSPS) is 23.8. The van der Waals surface area contributed by atoms with Gasteiger partial charge < -0.3 is 4.57 Å². The van der Waals surface area contributed by atoms with Gasteiger partial charge in [-0.2, -0.15) is 11.8 Å². The van der Waals surface area contributed by atoms with E-state index in [9.17, 15) is 0 Å². The summed E-state index contributed by atoms with van der Waals surface area (Å²) in [4.78, 5) is 9.43. The minimum Gasteiger partial charge on any atom is -0.307 e. The molecule has 2 aromatic rings. The zero-order valence-electron chi connectivity index (χ0n) is 12.8. The highest BCUT2D eigenvalue weighted by Crippen LogP contribution is 2.42. The van der Waals surface area contributed by atoms with Crippen LogP contribution in [0.2, 0.25) is 0 Å². The Bertz CT molecular complexity index is 638. The second-order valence-electron chi connectivity index (χ2n) is 5.75. The van der Waals surface area contributed by atoms with Gasteiger partial charge in [-0.25, -0.2) is 9.97 Å². The predicted molar refractivity (Wildman–Crippen MR) is 91.3 cm³/mol. The molecule has 0 N–H and O–H groups in total. The van der Waals surface area contributed by atoms with E-state index < -0.39 is 0 Å². The van der Waals surface area contributed by atoms with Crippen LogP contribution in [0.15, 0.2) is 12.3 Å². The van der Waals surface area contributed by atoms with Crippen molar-refractivity contribution in [2.45, 2.75) is 56.7 Å². The number of imidazole rings is 1. The molecule has 3 unspecified atom stereocenters. The van der Waals surface area contributed by atoms with E-state index in [1.54, 1.807) is 0 Å². The fourth-order valence-electron chi connectivity index (χ4n) is 3.35. The number of rotatable bonds is 4. The summed E-state index contributed by atoms with van der Waals surface area (Å²) in [6.45, 7) is 6.34. The molecule has 1 aliphatic carbocycles. The molecule has 114 valence electrons. The summed E-state index contributed by atoms with van der Waals surface area (Å²) in [5.41, 5.74) is 3.19. The highest BCUT2D eigenvalue weighted by atomic mass is 35.5. The molecule has 0 spiro atoms. The summed E-state index contributed by atoms with van der Waals surface area (Å²) in [6, 6.07) is 2.50. The Balaban J connectivity index is 2.15. The van der Waals surface area contributed by atoms with Gasteiger partial charge in [-0.3, -0.25) is 0 Å². The summed E-state index contributed by atoms with van der Waals surface area (Å²) in [7, 11) is 0. The van der Waals surface area contributed by atoms with Crippen LogP contribution in [0, 0.1) is 6.92 Å². The summed E-state index contributed by atoms with van der Waals surface area (Å²) >= 11 is 8.48. The minimum absolute atomic E-state index is 0.0912. The van der Waals surface area contributed by atoms with E-state index in [-0.39, 0.29) is 5.38 Å². The molecule has 0 saturated heterocycles. The van der Waals surface area contributed by atoms with Gasteiger partial charge in [0, 0.05) is 17.5 Å². The average Bonchev–Trinajstić information content (AvgIpc) is 3.03. The SMILES string of the molecule is CCSC1CCCC1n1c(C(C)Cl)nc2c(C)ccnc21. The quantitative estimate of drug-likeness (QED) is 0.751. The van der Waals surface area contributed by atoms with Crippen LogP contribution < -0.4 is 0 Å². The van der Waals surface area contributed by atoms with Crippen LogP contribution in [0.25, 0.3) is 11.2 Å². The number of fused-ring (bicyclic) bond motifs is 1. The minimum atomic E-state index is -0.0912. The Labute approximate surface area is 135 Å². The first-order chi connectivity index (χ1) is 10.1. The third-order valence-corrected chi connectivity index (χ3v) is 5.80. The molecule has 0 radical (unpaired) electrons. The van der Waals surface area contributed by atoms with Crippen LogP contribution in [0.4, 0.5) is 0 Å². The summed E-state index contributed by atoms with van der Waals surface area (Å²) in [5.74, 6) is 2.13. The zero-order valence-corrected chi connectivity index (χ0v) is 14.4. The Hall–Kier alpha value is -0.740. The summed E-state index contributed by atoms with van der Waals surface area (Å²) in [5, 5.41) is 0.565. The van der Waals surface area contributed by atoms with Crippen molar-refractivity contribution < 1.29 is 0 Å². The molecule has 21 heavy (non-hydrogen) atoms. The van der Waals surface area contributed by atoms with Crippen molar-refractivity contribution in [2.24, 2.45) is 0 Å². The Kier molecular flexibility index (Phi) is 4.46. The molecule has 0 bridgehead atoms. The van der Waals surface area contributed by atoms with Crippen molar-refractivity contribution in [3.63, 3.8) is 0 Å². The van der Waals surface area contributed by atoms with E-state index in [4.69, 9.17) is 16.6 Å². The Morgan fingerprint density at radius 3 is 3.00 bits per heavy atom. The molecular weight excluding hydrogens is 302 g/mol. The molecule has 0 aromatic carbocycles. The molecule has 0 aliphatic heterocycles. The predicted octanol–water partition coefficient (Wildman–Crippen LogP) is 4.89. The van der Waals surface area contributed by atoms with Crippen LogP contribution in [0.3, 0.4) is 0 Å². The van der Waals surface area contributed by atoms with Gasteiger partial charge in [0.2, 0.25) is 0 Å². The van der Waals surface area contributed by atoms with Gasteiger partial charge >= 0.3 is 0 Å². The van der Waals surface area contributed by atoms with E-state index in [2.05, 4.69) is 35.2 Å². The molecular formula is C16H22ClN3S. The Morgan fingerprint density at radius 2 is 2.29 bits per heavy atom. The standard InChI is InChI=1S/C16H22ClN3S/c1-4-21-13-7-5-6-12(13)20-15(11(3)17)19-14-10(2)8-9-18-16(14)20/h8-9,11-13H,4-7H2,1-3H3. The van der Waals surface area contributed by atoms with Gasteiger partial charge in [-0.1, -0.05) is 13.3 Å². The third kappa shape index (κ3) is 2.68. The molecule has 1 saturated carbocycles. The van der Waals surface area contributed by atoms with Gasteiger partial charge in [0.15, 0.2) is 5.65 Å². The van der Waals surface area contributed by atoms with E-state index in [1.165, 1.54) is 24.8 Å². The molecule has 3 nitrogen and oxygen atoms in total. The lowest BCUT2D eigenvalue weighted by molar-refractivity contribution is 0.516. The molecule has 3 atom stereocenters. The van der Waals surface area contributed by atoms with Crippen LogP contribution in [-0.4, -0.2) is 25.5 Å². The van der Waals surface area contributed by atoms with Crippen molar-refractivity contribution in [2.75, 3.05) is 5.75 Å². The fourth-order valence-corrected chi connectivity index (χ4v) is 4.74.